The van der Waals surface area contributed by atoms with E-state index in [1.807, 2.05) is 70.8 Å². The summed E-state index contributed by atoms with van der Waals surface area (Å²) in [5.41, 5.74) is 2.10. The number of aromatic nitrogens is 3. The molecule has 0 bridgehead atoms. The maximum atomic E-state index is 13.0. The standard InChI is InChI=1S/C36H49N7O5.H2S/c1-8-46-29-17-30(33-28(19-37)21-39-43(33)23-29)27-9-10-31(38-20-27)41-13-11-36(12-14-41,18-32(44)47-25(2)3)24-40-15-16-42(26(4)22-40)34(45)48-35(5,6)7;/h9-10,17,20-21,23,25-26H,8,11-16,18,22,24H2,1-7H3;1H2/t26-;/m0./s1. The fraction of sp³-hybridized carbons (Fsp3) is 0.583. The molecule has 0 saturated carbocycles. The van der Waals surface area contributed by atoms with Crippen molar-refractivity contribution in [2.24, 2.45) is 5.41 Å². The second kappa shape index (κ2) is 15.7. The third kappa shape index (κ3) is 9.16. The van der Waals surface area contributed by atoms with Crippen molar-refractivity contribution in [3.8, 4) is 22.9 Å². The summed E-state index contributed by atoms with van der Waals surface area (Å²) in [6, 6.07) is 8.20. The van der Waals surface area contributed by atoms with Gasteiger partial charge in [-0.05, 0) is 84.9 Å². The summed E-state index contributed by atoms with van der Waals surface area (Å²) < 4.78 is 18.7. The van der Waals surface area contributed by atoms with E-state index >= 15 is 0 Å². The molecule has 12 nitrogen and oxygen atoms in total. The molecule has 0 aromatic carbocycles. The highest BCUT2D eigenvalue weighted by molar-refractivity contribution is 7.59. The Morgan fingerprint density at radius 2 is 1.86 bits per heavy atom. The number of nitriles is 1. The van der Waals surface area contributed by atoms with Gasteiger partial charge in [-0.25, -0.2) is 14.3 Å². The third-order valence-electron chi connectivity index (χ3n) is 9.01. The van der Waals surface area contributed by atoms with E-state index in [2.05, 4.69) is 27.9 Å². The highest BCUT2D eigenvalue weighted by atomic mass is 32.1. The molecule has 1 amide bonds. The first-order valence-corrected chi connectivity index (χ1v) is 17.0. The normalized spacial score (nSPS) is 18.1. The van der Waals surface area contributed by atoms with E-state index in [-0.39, 0.29) is 43.1 Å². The van der Waals surface area contributed by atoms with Crippen LogP contribution in [0.15, 0.2) is 36.8 Å². The van der Waals surface area contributed by atoms with Gasteiger partial charge >= 0.3 is 12.1 Å². The summed E-state index contributed by atoms with van der Waals surface area (Å²) in [6.45, 7) is 18.2. The fourth-order valence-corrected chi connectivity index (χ4v) is 6.83. The summed E-state index contributed by atoms with van der Waals surface area (Å²) in [7, 11) is 0. The Bertz CT molecular complexity index is 1640. The van der Waals surface area contributed by atoms with Crippen molar-refractivity contribution in [2.45, 2.75) is 85.5 Å². The SMILES string of the molecule is CCOc1cc(-c2ccc(N3CCC(CC(=O)OC(C)C)(CN4CCN(C(=O)OC(C)(C)C)[C@@H](C)C4)CC3)nc2)c2c(C#N)cnn2c1.S. The first-order chi connectivity index (χ1) is 22.8. The topological polar surface area (TPSA) is 126 Å². The maximum Gasteiger partial charge on any atom is 0.410 e. The van der Waals surface area contributed by atoms with Gasteiger partial charge in [0.1, 0.15) is 23.2 Å². The molecule has 5 rings (SSSR count). The van der Waals surface area contributed by atoms with E-state index in [9.17, 15) is 14.9 Å². The second-order valence-electron chi connectivity index (χ2n) is 14.4. The van der Waals surface area contributed by atoms with Crippen molar-refractivity contribution in [1.82, 2.24) is 24.4 Å². The quantitative estimate of drug-likeness (QED) is 0.260. The zero-order valence-corrected chi connectivity index (χ0v) is 30.9. The Morgan fingerprint density at radius 1 is 1.12 bits per heavy atom. The number of amides is 1. The Morgan fingerprint density at radius 3 is 2.45 bits per heavy atom. The molecule has 5 heterocycles. The molecule has 3 aromatic rings. The minimum absolute atomic E-state index is 0. The molecule has 2 saturated heterocycles. The van der Waals surface area contributed by atoms with Gasteiger partial charge in [0.25, 0.3) is 0 Å². The number of nitrogens with zero attached hydrogens (tertiary/aromatic N) is 7. The minimum atomic E-state index is -0.542. The van der Waals surface area contributed by atoms with E-state index in [0.717, 1.165) is 62.5 Å². The number of hydrogen-bond acceptors (Lipinski definition) is 10. The smallest absolute Gasteiger partial charge is 0.410 e. The summed E-state index contributed by atoms with van der Waals surface area (Å²) >= 11 is 0. The Balaban J connectivity index is 0.00000541. The highest BCUT2D eigenvalue weighted by Gasteiger charge is 2.41. The number of rotatable bonds is 9. The van der Waals surface area contributed by atoms with Gasteiger partial charge in [0, 0.05) is 62.6 Å². The predicted octanol–water partition coefficient (Wildman–Crippen LogP) is 5.65. The van der Waals surface area contributed by atoms with Crippen LogP contribution < -0.4 is 9.64 Å². The molecule has 2 aliphatic heterocycles. The van der Waals surface area contributed by atoms with E-state index in [1.54, 1.807) is 16.9 Å². The lowest BCUT2D eigenvalue weighted by Crippen LogP contribution is -2.57. The van der Waals surface area contributed by atoms with Crippen LogP contribution in [0.1, 0.15) is 73.3 Å². The average Bonchev–Trinajstić information content (AvgIpc) is 3.43. The van der Waals surface area contributed by atoms with Crippen molar-refractivity contribution in [3.63, 3.8) is 0 Å². The summed E-state index contributed by atoms with van der Waals surface area (Å²) in [5, 5.41) is 14.1. The zero-order chi connectivity index (χ0) is 34.6. The van der Waals surface area contributed by atoms with Crippen LogP contribution in [0.3, 0.4) is 0 Å². The summed E-state index contributed by atoms with van der Waals surface area (Å²) in [4.78, 5) is 37.2. The number of hydrogen-bond donors (Lipinski definition) is 0. The molecule has 0 unspecified atom stereocenters. The number of piperidine rings is 1. The lowest BCUT2D eigenvalue weighted by molar-refractivity contribution is -0.151. The maximum absolute atomic E-state index is 13.0. The van der Waals surface area contributed by atoms with Crippen LogP contribution >= 0.6 is 13.5 Å². The Hall–Kier alpha value is -4.02. The molecule has 49 heavy (non-hydrogen) atoms. The van der Waals surface area contributed by atoms with Crippen LogP contribution in [0, 0.1) is 16.7 Å². The number of carbonyl (C=O) groups excluding carboxylic acids is 2. The van der Waals surface area contributed by atoms with Gasteiger partial charge in [0.05, 0.1) is 42.6 Å². The van der Waals surface area contributed by atoms with Crippen molar-refractivity contribution in [2.75, 3.05) is 50.8 Å². The molecule has 1 atom stereocenters. The molecule has 13 heteroatoms. The molecule has 0 N–H and O–H groups in total. The van der Waals surface area contributed by atoms with E-state index in [1.165, 1.54) is 0 Å². The minimum Gasteiger partial charge on any atom is -0.492 e. The van der Waals surface area contributed by atoms with Crippen LogP contribution in [-0.4, -0.2) is 100 Å². The van der Waals surface area contributed by atoms with Crippen LogP contribution in [0.25, 0.3) is 16.6 Å². The molecule has 0 spiro atoms. The lowest BCUT2D eigenvalue weighted by atomic mass is 9.75. The third-order valence-corrected chi connectivity index (χ3v) is 9.01. The number of ether oxygens (including phenoxy) is 3. The van der Waals surface area contributed by atoms with E-state index < -0.39 is 5.60 Å². The predicted molar refractivity (Wildman–Crippen MR) is 193 cm³/mol. The summed E-state index contributed by atoms with van der Waals surface area (Å²) in [6.07, 6.45) is 6.70. The van der Waals surface area contributed by atoms with Gasteiger partial charge in [-0.1, -0.05) is 0 Å². The van der Waals surface area contributed by atoms with Gasteiger partial charge in [-0.15, -0.1) is 0 Å². The molecule has 2 aliphatic rings. The zero-order valence-electron chi connectivity index (χ0n) is 29.9. The number of carbonyl (C=O) groups is 2. The molecule has 3 aromatic heterocycles. The number of esters is 1. The van der Waals surface area contributed by atoms with E-state index in [0.29, 0.717) is 36.4 Å². The average molecular weight is 694 g/mol. The molecule has 266 valence electrons. The van der Waals surface area contributed by atoms with E-state index in [4.69, 9.17) is 19.2 Å². The number of pyridine rings is 2. The lowest BCUT2D eigenvalue weighted by Gasteiger charge is -2.47. The summed E-state index contributed by atoms with van der Waals surface area (Å²) in [5.74, 6) is 1.36. The van der Waals surface area contributed by atoms with Crippen molar-refractivity contribution in [3.05, 3.63) is 42.4 Å². The number of anilines is 1. The monoisotopic (exact) mass is 693 g/mol. The molecule has 0 aliphatic carbocycles. The van der Waals surface area contributed by atoms with Crippen LogP contribution in [-0.2, 0) is 14.3 Å². The van der Waals surface area contributed by atoms with Gasteiger partial charge in [0.15, 0.2) is 0 Å². The van der Waals surface area contributed by atoms with Gasteiger partial charge in [-0.3, -0.25) is 9.69 Å². The Kier molecular flexibility index (Phi) is 12.1. The van der Waals surface area contributed by atoms with Crippen molar-refractivity contribution >= 4 is 36.9 Å². The van der Waals surface area contributed by atoms with Gasteiger partial charge in [0.2, 0.25) is 0 Å². The molecular weight excluding hydrogens is 643 g/mol. The van der Waals surface area contributed by atoms with Crippen molar-refractivity contribution in [1.29, 1.82) is 5.26 Å². The number of fused-ring (bicyclic) bond motifs is 1. The van der Waals surface area contributed by atoms with Gasteiger partial charge < -0.3 is 24.0 Å². The molecule has 0 radical (unpaired) electrons. The first-order valence-electron chi connectivity index (χ1n) is 17.0. The van der Waals surface area contributed by atoms with Crippen LogP contribution in [0.5, 0.6) is 5.75 Å². The van der Waals surface area contributed by atoms with Crippen LogP contribution in [0.2, 0.25) is 0 Å². The second-order valence-corrected chi connectivity index (χ2v) is 14.4. The largest absolute Gasteiger partial charge is 0.492 e. The van der Waals surface area contributed by atoms with Crippen molar-refractivity contribution < 1.29 is 23.8 Å². The molecular formula is C36H51N7O5S. The van der Waals surface area contributed by atoms with Crippen LogP contribution in [0.4, 0.5) is 10.6 Å². The fourth-order valence-electron chi connectivity index (χ4n) is 6.83. The first kappa shape index (κ1) is 37.8. The highest BCUT2D eigenvalue weighted by Crippen LogP contribution is 2.39. The number of piperazine rings is 1. The van der Waals surface area contributed by atoms with Gasteiger partial charge in [-0.2, -0.15) is 23.9 Å². The Labute approximate surface area is 296 Å². The molecule has 2 fully saturated rings.